The molecule has 0 N–H and O–H groups in total. The van der Waals surface area contributed by atoms with Gasteiger partial charge in [0, 0.05) is 34.9 Å². The van der Waals surface area contributed by atoms with E-state index in [0.717, 1.165) is 22.0 Å². The van der Waals surface area contributed by atoms with E-state index in [4.69, 9.17) is 27.6 Å². The van der Waals surface area contributed by atoms with Crippen LogP contribution in [0.4, 0.5) is 0 Å². The molecule has 0 unspecified atom stereocenters. The molecule has 0 fully saturated rings. The van der Waals surface area contributed by atoms with Gasteiger partial charge in [-0.15, -0.1) is 10.2 Å². The number of carbonyl (C=O) groups excluding carboxylic acids is 1. The monoisotopic (exact) mass is 462 g/mol. The van der Waals surface area contributed by atoms with Gasteiger partial charge in [-0.25, -0.2) is 0 Å². The maximum Gasteiger partial charge on any atom is 0.289 e. The van der Waals surface area contributed by atoms with Crippen LogP contribution in [0.2, 0.25) is 10.2 Å². The smallest absolute Gasteiger partial charge is 0.289 e. The van der Waals surface area contributed by atoms with Crippen LogP contribution in [0.3, 0.4) is 0 Å². The highest BCUT2D eigenvalue weighted by molar-refractivity contribution is 6.36. The molecule has 0 saturated carbocycles. The highest BCUT2D eigenvalue weighted by Gasteiger charge is 2.27. The number of aryl methyl sites for hydroxylation is 1. The van der Waals surface area contributed by atoms with Crippen molar-refractivity contribution in [3.8, 4) is 11.5 Å². The Kier molecular flexibility index (Phi) is 5.25. The lowest BCUT2D eigenvalue weighted by molar-refractivity contribution is 0.100. The van der Waals surface area contributed by atoms with Crippen molar-refractivity contribution in [2.45, 2.75) is 13.5 Å². The van der Waals surface area contributed by atoms with Crippen LogP contribution in [0.5, 0.6) is 0 Å². The van der Waals surface area contributed by atoms with Crippen molar-refractivity contribution < 1.29 is 9.21 Å². The van der Waals surface area contributed by atoms with Crippen LogP contribution in [-0.2, 0) is 6.54 Å². The summed E-state index contributed by atoms with van der Waals surface area (Å²) in [7, 11) is 0. The molecule has 5 rings (SSSR count). The second kappa shape index (κ2) is 8.22. The number of halogens is 2. The van der Waals surface area contributed by atoms with Crippen LogP contribution in [0.1, 0.15) is 27.4 Å². The lowest BCUT2D eigenvalue weighted by atomic mass is 10.1. The van der Waals surface area contributed by atoms with Crippen molar-refractivity contribution in [3.05, 3.63) is 99.7 Å². The molecule has 5 aromatic rings. The zero-order valence-corrected chi connectivity index (χ0v) is 18.4. The van der Waals surface area contributed by atoms with Gasteiger partial charge in [0.2, 0.25) is 5.89 Å². The summed E-state index contributed by atoms with van der Waals surface area (Å²) in [6.07, 6.45) is 3.23. The molecule has 0 spiro atoms. The molecule has 32 heavy (non-hydrogen) atoms. The maximum absolute atomic E-state index is 13.4. The highest BCUT2D eigenvalue weighted by Crippen LogP contribution is 2.34. The van der Waals surface area contributed by atoms with E-state index in [1.165, 1.54) is 0 Å². The molecule has 6 nitrogen and oxygen atoms in total. The van der Waals surface area contributed by atoms with Gasteiger partial charge in [0.05, 0.1) is 11.1 Å². The minimum atomic E-state index is -0.423. The average molecular weight is 463 g/mol. The van der Waals surface area contributed by atoms with E-state index in [1.807, 2.05) is 54.0 Å². The van der Waals surface area contributed by atoms with Crippen LogP contribution in [-0.4, -0.2) is 25.5 Å². The fourth-order valence-electron chi connectivity index (χ4n) is 3.61. The number of hydrogen-bond acceptors (Lipinski definition) is 5. The molecule has 0 radical (unpaired) electrons. The molecule has 0 amide bonds. The summed E-state index contributed by atoms with van der Waals surface area (Å²) in [5.74, 6) is -0.299. The third-order valence-electron chi connectivity index (χ3n) is 5.18. The van der Waals surface area contributed by atoms with Crippen molar-refractivity contribution in [3.63, 3.8) is 0 Å². The van der Waals surface area contributed by atoms with Crippen LogP contribution in [0.25, 0.3) is 22.4 Å². The van der Waals surface area contributed by atoms with Crippen LogP contribution < -0.4 is 0 Å². The van der Waals surface area contributed by atoms with Crippen molar-refractivity contribution in [2.24, 2.45) is 0 Å². The Morgan fingerprint density at radius 2 is 1.75 bits per heavy atom. The van der Waals surface area contributed by atoms with Gasteiger partial charge in [-0.2, -0.15) is 0 Å². The first-order valence-electron chi connectivity index (χ1n) is 9.82. The minimum absolute atomic E-state index is 0.120. The Morgan fingerprint density at radius 3 is 2.50 bits per heavy atom. The minimum Gasteiger partial charge on any atom is -0.413 e. The molecular formula is C24H16Cl2N4O2. The van der Waals surface area contributed by atoms with Gasteiger partial charge in [0.15, 0.2) is 0 Å². The Labute approximate surface area is 193 Å². The first-order valence-corrected chi connectivity index (χ1v) is 10.6. The van der Waals surface area contributed by atoms with Gasteiger partial charge in [-0.1, -0.05) is 47.0 Å². The van der Waals surface area contributed by atoms with E-state index in [1.54, 1.807) is 24.5 Å². The first kappa shape index (κ1) is 20.4. The summed E-state index contributed by atoms with van der Waals surface area (Å²) in [6.45, 7) is 2.45. The van der Waals surface area contributed by atoms with Crippen LogP contribution in [0.15, 0.2) is 71.4 Å². The van der Waals surface area contributed by atoms with Gasteiger partial charge in [-0.3, -0.25) is 9.78 Å². The zero-order valence-electron chi connectivity index (χ0n) is 16.9. The normalized spacial score (nSPS) is 11.2. The van der Waals surface area contributed by atoms with Crippen molar-refractivity contribution in [1.82, 2.24) is 19.7 Å². The molecule has 0 bridgehead atoms. The Bertz CT molecular complexity index is 1440. The topological polar surface area (TPSA) is 73.8 Å². The molecule has 0 aliphatic carbocycles. The number of benzene rings is 2. The summed E-state index contributed by atoms with van der Waals surface area (Å²) < 4.78 is 7.57. The van der Waals surface area contributed by atoms with Crippen molar-refractivity contribution in [2.75, 3.05) is 0 Å². The summed E-state index contributed by atoms with van der Waals surface area (Å²) in [5.41, 5.74) is 3.87. The number of ketones is 1. The highest BCUT2D eigenvalue weighted by atomic mass is 35.5. The van der Waals surface area contributed by atoms with Gasteiger partial charge >= 0.3 is 0 Å². The van der Waals surface area contributed by atoms with Gasteiger partial charge < -0.3 is 8.98 Å². The number of carbonyl (C=O) groups is 1. The van der Waals surface area contributed by atoms with Gasteiger partial charge in [0.1, 0.15) is 5.15 Å². The second-order valence-electron chi connectivity index (χ2n) is 7.38. The molecular weight excluding hydrogens is 447 g/mol. The predicted molar refractivity (Wildman–Crippen MR) is 123 cm³/mol. The number of hydrogen-bond donors (Lipinski definition) is 0. The average Bonchev–Trinajstić information content (AvgIpc) is 3.39. The van der Waals surface area contributed by atoms with E-state index in [0.29, 0.717) is 27.8 Å². The standard InChI is InChI=1S/C24H16Cl2N4O2/c1-14-2-7-19-18(12-14)20(22(26)30(19)13-15-3-5-17(25)6-4-15)21(31)24-29-28-23(32-24)16-8-10-27-11-9-16/h2-12H,13H2,1H3. The van der Waals surface area contributed by atoms with E-state index >= 15 is 0 Å². The van der Waals surface area contributed by atoms with Crippen LogP contribution in [0, 0.1) is 6.92 Å². The fourth-order valence-corrected chi connectivity index (χ4v) is 4.08. The van der Waals surface area contributed by atoms with E-state index in [9.17, 15) is 4.79 Å². The molecule has 158 valence electrons. The van der Waals surface area contributed by atoms with Crippen LogP contribution >= 0.6 is 23.2 Å². The molecule has 8 heteroatoms. The number of aromatic nitrogens is 4. The Balaban J connectivity index is 1.60. The van der Waals surface area contributed by atoms with Gasteiger partial charge in [0.25, 0.3) is 11.7 Å². The van der Waals surface area contributed by atoms with E-state index in [2.05, 4.69) is 15.2 Å². The molecule has 0 aliphatic rings. The summed E-state index contributed by atoms with van der Waals surface area (Å²) in [6, 6.07) is 16.9. The molecule has 0 aliphatic heterocycles. The summed E-state index contributed by atoms with van der Waals surface area (Å²) >= 11 is 12.8. The quantitative estimate of drug-likeness (QED) is 0.300. The van der Waals surface area contributed by atoms with Gasteiger partial charge in [-0.05, 0) is 48.9 Å². The molecule has 2 aromatic carbocycles. The molecule has 3 heterocycles. The van der Waals surface area contributed by atoms with E-state index in [-0.39, 0.29) is 11.8 Å². The third kappa shape index (κ3) is 3.68. The first-order chi connectivity index (χ1) is 15.5. The summed E-state index contributed by atoms with van der Waals surface area (Å²) in [5, 5.41) is 9.69. The third-order valence-corrected chi connectivity index (χ3v) is 5.83. The molecule has 0 saturated heterocycles. The second-order valence-corrected chi connectivity index (χ2v) is 8.17. The lowest BCUT2D eigenvalue weighted by Crippen LogP contribution is -2.04. The number of rotatable bonds is 5. The largest absolute Gasteiger partial charge is 0.413 e. The zero-order chi connectivity index (χ0) is 22.2. The SMILES string of the molecule is Cc1ccc2c(c1)c(C(=O)c1nnc(-c3ccncc3)o1)c(Cl)n2Cc1ccc(Cl)cc1. The number of nitrogens with zero attached hydrogens (tertiary/aromatic N) is 4. The lowest BCUT2D eigenvalue weighted by Gasteiger charge is -2.08. The fraction of sp³-hybridized carbons (Fsp3) is 0.0833. The number of fused-ring (bicyclic) bond motifs is 1. The molecule has 0 atom stereocenters. The van der Waals surface area contributed by atoms with Crippen molar-refractivity contribution >= 4 is 39.9 Å². The van der Waals surface area contributed by atoms with E-state index < -0.39 is 5.78 Å². The number of pyridine rings is 1. The predicted octanol–water partition coefficient (Wildman–Crippen LogP) is 5.98. The molecule has 3 aromatic heterocycles. The Hall–Kier alpha value is -3.48. The maximum atomic E-state index is 13.4. The van der Waals surface area contributed by atoms with Crippen molar-refractivity contribution in [1.29, 1.82) is 0 Å². The summed E-state index contributed by atoms with van der Waals surface area (Å²) in [4.78, 5) is 17.4. The Morgan fingerprint density at radius 1 is 1.00 bits per heavy atom.